The van der Waals surface area contributed by atoms with E-state index in [9.17, 15) is 0 Å². The molecule has 7 rings (SSSR count). The summed E-state index contributed by atoms with van der Waals surface area (Å²) in [5.41, 5.74) is -1.32. The zero-order valence-electron chi connectivity index (χ0n) is 38.1. The molecule has 3 heteroatoms. The number of hydrogen-bond acceptors (Lipinski definition) is 2. The number of fused-ring (bicyclic) bond motifs is 4. The average Bonchev–Trinajstić information content (AvgIpc) is 3.09. The van der Waals surface area contributed by atoms with Crippen molar-refractivity contribution < 1.29 is 16.4 Å². The molecule has 0 amide bonds. The van der Waals surface area contributed by atoms with Gasteiger partial charge in [-0.25, -0.2) is 0 Å². The van der Waals surface area contributed by atoms with Crippen LogP contribution in [0, 0.1) is 0 Å². The van der Waals surface area contributed by atoms with Gasteiger partial charge in [-0.15, -0.1) is 0 Å². The van der Waals surface area contributed by atoms with Crippen LogP contribution in [0.4, 0.5) is 0 Å². The van der Waals surface area contributed by atoms with Crippen LogP contribution in [-0.2, 0) is 16.2 Å². The molecule has 0 nitrogen and oxygen atoms in total. The summed E-state index contributed by atoms with van der Waals surface area (Å²) in [5.74, 6) is 0. The highest BCUT2D eigenvalue weighted by atomic mass is 32.2. The molecular formula is C42H44S2Si. The largest absolute Gasteiger partial charge is 0.113 e. The summed E-state index contributed by atoms with van der Waals surface area (Å²) in [5, 5.41) is 1.89. The molecule has 0 spiro atoms. The highest BCUT2D eigenvalue weighted by Gasteiger charge is 2.39. The first kappa shape index (κ1) is 19.6. The monoisotopic (exact) mass is 652 g/mol. The highest BCUT2D eigenvalue weighted by molar-refractivity contribution is 8.00. The second-order valence-electron chi connectivity index (χ2n) is 13.7. The lowest BCUT2D eigenvalue weighted by Gasteiger charge is -2.38. The standard InChI is InChI=1S/C42H44S2Si/c1-40(2,3)30-25-24-27(26-29(30)28-16-14-19-33-38(28)43-35-21-12-10-17-31(35)41(33,4)5)45(8,9)37-23-15-20-34-39(37)44-36-22-13-11-18-32(36)42(34,6)7/h10-26H,1-9H3/i4D3,5D3,6D3,7D3. The molecule has 0 saturated heterocycles. The Bertz CT molecular complexity index is 2370. The first-order chi connectivity index (χ1) is 26.2. The fraction of sp³-hybridized carbons (Fsp3) is 0.286. The van der Waals surface area contributed by atoms with Crippen molar-refractivity contribution in [2.45, 2.75) is 97.1 Å². The van der Waals surface area contributed by atoms with E-state index in [0.717, 1.165) is 27.1 Å². The Morgan fingerprint density at radius 1 is 0.578 bits per heavy atom. The topological polar surface area (TPSA) is 0 Å². The first-order valence-corrected chi connectivity index (χ1v) is 19.8. The normalized spacial score (nSPS) is 21.4. The Labute approximate surface area is 297 Å². The third-order valence-corrected chi connectivity index (χ3v) is 15.5. The van der Waals surface area contributed by atoms with Crippen molar-refractivity contribution in [3.63, 3.8) is 0 Å². The molecule has 5 aromatic rings. The van der Waals surface area contributed by atoms with Gasteiger partial charge in [0, 0.05) is 46.9 Å². The Kier molecular flexibility index (Phi) is 4.59. The van der Waals surface area contributed by atoms with Crippen LogP contribution in [0.2, 0.25) is 13.1 Å². The molecule has 45 heavy (non-hydrogen) atoms. The maximum absolute atomic E-state index is 8.84. The molecule has 2 aliphatic heterocycles. The zero-order valence-corrected chi connectivity index (χ0v) is 28.8. The molecule has 0 aliphatic carbocycles. The summed E-state index contributed by atoms with van der Waals surface area (Å²) in [6.07, 6.45) is 0. The van der Waals surface area contributed by atoms with Gasteiger partial charge in [0.25, 0.3) is 0 Å². The van der Waals surface area contributed by atoms with Crippen molar-refractivity contribution in [1.82, 2.24) is 0 Å². The summed E-state index contributed by atoms with van der Waals surface area (Å²) in [4.78, 5) is 2.40. The third-order valence-electron chi connectivity index (χ3n) is 9.36. The van der Waals surface area contributed by atoms with E-state index in [1.165, 1.54) is 23.5 Å². The summed E-state index contributed by atoms with van der Waals surface area (Å²) in [7, 11) is -2.84. The minimum absolute atomic E-state index is 0.239. The lowest BCUT2D eigenvalue weighted by molar-refractivity contribution is 0.591. The predicted molar refractivity (Wildman–Crippen MR) is 199 cm³/mol. The van der Waals surface area contributed by atoms with E-state index in [2.05, 4.69) is 52.1 Å². The van der Waals surface area contributed by atoms with Gasteiger partial charge in [-0.3, -0.25) is 0 Å². The second kappa shape index (κ2) is 10.5. The van der Waals surface area contributed by atoms with Crippen LogP contribution in [0.15, 0.2) is 123 Å². The van der Waals surface area contributed by atoms with E-state index in [1.807, 2.05) is 12.1 Å². The number of rotatable bonds is 3. The quantitative estimate of drug-likeness (QED) is 0.178. The van der Waals surface area contributed by atoms with Crippen LogP contribution in [-0.4, -0.2) is 8.07 Å². The van der Waals surface area contributed by atoms with E-state index in [-0.39, 0.29) is 27.7 Å². The lowest BCUT2D eigenvalue weighted by atomic mass is 9.76. The van der Waals surface area contributed by atoms with E-state index in [1.54, 1.807) is 72.8 Å². The van der Waals surface area contributed by atoms with Gasteiger partial charge in [0.1, 0.15) is 8.07 Å². The smallest absolute Gasteiger partial charge is 0.0896 e. The Balaban J connectivity index is 1.50. The van der Waals surface area contributed by atoms with Crippen molar-refractivity contribution in [2.75, 3.05) is 0 Å². The molecular weight excluding hydrogens is 597 g/mol. The summed E-state index contributed by atoms with van der Waals surface area (Å²) in [6.45, 7) is -1.00. The predicted octanol–water partition coefficient (Wildman–Crippen LogP) is 11.1. The van der Waals surface area contributed by atoms with E-state index >= 15 is 0 Å². The molecule has 0 unspecified atom stereocenters. The van der Waals surface area contributed by atoms with Gasteiger partial charge in [0.15, 0.2) is 0 Å². The van der Waals surface area contributed by atoms with Crippen LogP contribution in [0.25, 0.3) is 11.1 Å². The minimum atomic E-state index is -2.92. The van der Waals surface area contributed by atoms with Gasteiger partial charge in [0.05, 0.1) is 0 Å². The Hall–Kier alpha value is -2.98. The van der Waals surface area contributed by atoms with Crippen LogP contribution < -0.4 is 10.4 Å². The SMILES string of the molecule is [2H]C([2H])([2H])C1(C([2H])([2H])[2H])c2ccccc2Sc2c(-c3cc([Si](C)(C)c4cccc5c4Sc4ccccc4C5(C([2H])([2H])[2H])C([2H])([2H])[2H])ccc3C(C)(C)C)cccc21. The Morgan fingerprint density at radius 3 is 1.71 bits per heavy atom. The zero-order chi connectivity index (χ0) is 41.9. The maximum Gasteiger partial charge on any atom is 0.113 e. The molecule has 228 valence electrons. The highest BCUT2D eigenvalue weighted by Crippen LogP contribution is 2.53. The molecule has 5 aromatic carbocycles. The fourth-order valence-electron chi connectivity index (χ4n) is 6.80. The second-order valence-corrected chi connectivity index (χ2v) is 20.2. The molecule has 2 aliphatic rings. The van der Waals surface area contributed by atoms with E-state index in [4.69, 9.17) is 16.4 Å². The van der Waals surface area contributed by atoms with E-state index < -0.39 is 46.3 Å². The van der Waals surface area contributed by atoms with Gasteiger partial charge < -0.3 is 0 Å². The summed E-state index contributed by atoms with van der Waals surface area (Å²) < 4.78 is 106. The van der Waals surface area contributed by atoms with E-state index in [0.29, 0.717) is 19.6 Å². The van der Waals surface area contributed by atoms with Crippen LogP contribution in [0.5, 0.6) is 0 Å². The van der Waals surface area contributed by atoms with Gasteiger partial charge in [-0.2, -0.15) is 0 Å². The van der Waals surface area contributed by atoms with Crippen molar-refractivity contribution in [3.8, 4) is 11.1 Å². The van der Waals surface area contributed by atoms with Crippen molar-refractivity contribution >= 4 is 42.0 Å². The average molecular weight is 653 g/mol. The van der Waals surface area contributed by atoms with Crippen molar-refractivity contribution in [1.29, 1.82) is 0 Å². The van der Waals surface area contributed by atoms with Gasteiger partial charge in [0.2, 0.25) is 0 Å². The third kappa shape index (κ3) is 4.80. The molecule has 0 saturated carbocycles. The van der Waals surface area contributed by atoms with Crippen LogP contribution >= 0.6 is 23.5 Å². The molecule has 0 bridgehead atoms. The van der Waals surface area contributed by atoms with Crippen molar-refractivity contribution in [2.24, 2.45) is 0 Å². The first-order valence-electron chi connectivity index (χ1n) is 21.2. The molecule has 0 aromatic heterocycles. The summed E-state index contributed by atoms with van der Waals surface area (Å²) >= 11 is 2.80. The minimum Gasteiger partial charge on any atom is -0.0896 e. The van der Waals surface area contributed by atoms with Gasteiger partial charge in [-0.05, 0) is 61.7 Å². The molecule has 0 N–H and O–H groups in total. The molecule has 0 radical (unpaired) electrons. The van der Waals surface area contributed by atoms with Gasteiger partial charge >= 0.3 is 0 Å². The summed E-state index contributed by atoms with van der Waals surface area (Å²) in [6, 6.07) is 30.9. The van der Waals surface area contributed by atoms with Crippen molar-refractivity contribution in [3.05, 3.63) is 131 Å². The molecule has 0 fully saturated rings. The number of benzene rings is 5. The number of hydrogen-bond donors (Lipinski definition) is 0. The Morgan fingerprint density at radius 2 is 1.11 bits per heavy atom. The maximum atomic E-state index is 8.84. The lowest BCUT2D eigenvalue weighted by Crippen LogP contribution is -2.54. The fourth-order valence-corrected chi connectivity index (χ4v) is 12.8. The van der Waals surface area contributed by atoms with Crippen LogP contribution in [0.1, 0.15) is 92.4 Å². The molecule has 0 atom stereocenters. The van der Waals surface area contributed by atoms with Gasteiger partial charge in [-0.1, -0.05) is 181 Å². The molecule has 2 heterocycles. The van der Waals surface area contributed by atoms with Crippen LogP contribution in [0.3, 0.4) is 0 Å².